The molecule has 0 saturated carbocycles. The molecule has 0 spiro atoms. The van der Waals surface area contributed by atoms with Gasteiger partial charge in [0.15, 0.2) is 0 Å². The topological polar surface area (TPSA) is 96.4 Å². The fourth-order valence-electron chi connectivity index (χ4n) is 2.78. The maximum absolute atomic E-state index is 11.7. The predicted octanol–water partition coefficient (Wildman–Crippen LogP) is 0.249. The van der Waals surface area contributed by atoms with Gasteiger partial charge in [0.25, 0.3) is 0 Å². The molecule has 1 aromatic rings. The van der Waals surface area contributed by atoms with Crippen LogP contribution < -0.4 is 16.2 Å². The highest BCUT2D eigenvalue weighted by molar-refractivity contribution is 5.79. The molecule has 2 atom stereocenters. The molecule has 1 aliphatic rings. The molecule has 0 radical (unpaired) electrons. The first-order chi connectivity index (χ1) is 9.80. The number of hydrazine groups is 1. The van der Waals surface area contributed by atoms with Crippen LogP contribution in [0.4, 0.5) is 5.69 Å². The highest BCUT2D eigenvalue weighted by Gasteiger charge is 2.30. The summed E-state index contributed by atoms with van der Waals surface area (Å²) < 4.78 is 1.73. The Morgan fingerprint density at radius 2 is 2.29 bits per heavy atom. The number of hydrogen-bond donors (Lipinski definition) is 3. The highest BCUT2D eigenvalue weighted by atomic mass is 16.3. The Labute approximate surface area is 125 Å². The van der Waals surface area contributed by atoms with Gasteiger partial charge in [-0.1, -0.05) is 0 Å². The summed E-state index contributed by atoms with van der Waals surface area (Å²) in [6.45, 7) is 6.71. The Hall–Kier alpha value is -1.60. The number of hydrogen-bond acceptors (Lipinski definition) is 5. The van der Waals surface area contributed by atoms with Gasteiger partial charge in [-0.25, -0.2) is 5.84 Å². The van der Waals surface area contributed by atoms with E-state index in [1.165, 1.54) is 0 Å². The molecule has 2 heterocycles. The van der Waals surface area contributed by atoms with Gasteiger partial charge in [0.05, 0.1) is 29.9 Å². The quantitative estimate of drug-likeness (QED) is 0.420. The lowest BCUT2D eigenvalue weighted by atomic mass is 9.92. The molecular formula is C14H25N5O2. The minimum Gasteiger partial charge on any atom is -0.389 e. The van der Waals surface area contributed by atoms with Gasteiger partial charge in [0.1, 0.15) is 0 Å². The Morgan fingerprint density at radius 3 is 2.90 bits per heavy atom. The normalized spacial score (nSPS) is 23.2. The second-order valence-electron chi connectivity index (χ2n) is 6.49. The Bertz CT molecular complexity index is 494. The van der Waals surface area contributed by atoms with Crippen molar-refractivity contribution >= 4 is 11.6 Å². The molecule has 2 rings (SSSR count). The van der Waals surface area contributed by atoms with Crippen LogP contribution in [0.2, 0.25) is 0 Å². The number of amides is 1. The van der Waals surface area contributed by atoms with Crippen molar-refractivity contribution in [3.63, 3.8) is 0 Å². The lowest BCUT2D eigenvalue weighted by Crippen LogP contribution is -2.48. The third-order valence-electron chi connectivity index (χ3n) is 3.90. The van der Waals surface area contributed by atoms with Crippen molar-refractivity contribution in [3.05, 3.63) is 12.4 Å². The second kappa shape index (κ2) is 6.03. The molecule has 1 fully saturated rings. The number of anilines is 1. The molecule has 0 bridgehead atoms. The van der Waals surface area contributed by atoms with Gasteiger partial charge in [0.2, 0.25) is 5.91 Å². The molecule has 2 unspecified atom stereocenters. The number of nitrogens with two attached hydrogens (primary N) is 1. The van der Waals surface area contributed by atoms with Crippen molar-refractivity contribution in [2.24, 2.45) is 11.8 Å². The zero-order valence-electron chi connectivity index (χ0n) is 12.9. The van der Waals surface area contributed by atoms with E-state index in [9.17, 15) is 9.90 Å². The van der Waals surface area contributed by atoms with E-state index in [4.69, 9.17) is 5.84 Å². The first-order valence-electron chi connectivity index (χ1n) is 7.32. The van der Waals surface area contributed by atoms with E-state index >= 15 is 0 Å². The van der Waals surface area contributed by atoms with Gasteiger partial charge in [-0.3, -0.25) is 14.9 Å². The third kappa shape index (κ3) is 3.95. The number of piperidine rings is 1. The van der Waals surface area contributed by atoms with Crippen molar-refractivity contribution in [1.29, 1.82) is 0 Å². The standard InChI is InChI=1S/C14H25N5O2/c1-10-4-5-11(13(20)17-15)7-19(10)12-6-16-18(8-12)9-14(2,3)21/h6,8,10-11,21H,4-5,7,9,15H2,1-3H3,(H,17,20). The summed E-state index contributed by atoms with van der Waals surface area (Å²) >= 11 is 0. The number of carbonyl (C=O) groups is 1. The van der Waals surface area contributed by atoms with Crippen LogP contribution in [-0.4, -0.2) is 39.0 Å². The lowest BCUT2D eigenvalue weighted by Gasteiger charge is -2.38. The van der Waals surface area contributed by atoms with Crippen molar-refractivity contribution in [2.45, 2.75) is 51.8 Å². The van der Waals surface area contributed by atoms with Crippen molar-refractivity contribution in [3.8, 4) is 0 Å². The highest BCUT2D eigenvalue weighted by Crippen LogP contribution is 2.27. The van der Waals surface area contributed by atoms with E-state index in [2.05, 4.69) is 22.3 Å². The fraction of sp³-hybridized carbons (Fsp3) is 0.714. The molecule has 1 saturated heterocycles. The molecule has 1 aromatic heterocycles. The summed E-state index contributed by atoms with van der Waals surface area (Å²) in [5.41, 5.74) is 2.40. The number of rotatable bonds is 4. The zero-order chi connectivity index (χ0) is 15.6. The SMILES string of the molecule is CC1CCC(C(=O)NN)CN1c1cnn(CC(C)(C)O)c1. The van der Waals surface area contributed by atoms with Gasteiger partial charge in [0, 0.05) is 18.8 Å². The van der Waals surface area contributed by atoms with Crippen molar-refractivity contribution in [2.75, 3.05) is 11.4 Å². The second-order valence-corrected chi connectivity index (χ2v) is 6.49. The van der Waals surface area contributed by atoms with Gasteiger partial charge < -0.3 is 10.0 Å². The monoisotopic (exact) mass is 295 g/mol. The molecule has 7 nitrogen and oxygen atoms in total. The molecule has 1 amide bonds. The van der Waals surface area contributed by atoms with Gasteiger partial charge >= 0.3 is 0 Å². The fourth-order valence-corrected chi connectivity index (χ4v) is 2.78. The first-order valence-corrected chi connectivity index (χ1v) is 7.32. The maximum Gasteiger partial charge on any atom is 0.238 e. The van der Waals surface area contributed by atoms with Crippen molar-refractivity contribution < 1.29 is 9.90 Å². The number of nitrogens with one attached hydrogen (secondary N) is 1. The van der Waals surface area contributed by atoms with Gasteiger partial charge in [-0.05, 0) is 33.6 Å². The van der Waals surface area contributed by atoms with Crippen LogP contribution in [0.5, 0.6) is 0 Å². The maximum atomic E-state index is 11.7. The summed E-state index contributed by atoms with van der Waals surface area (Å²) in [5.74, 6) is 5.02. The first kappa shape index (κ1) is 15.8. The van der Waals surface area contributed by atoms with E-state index in [0.29, 0.717) is 19.1 Å². The van der Waals surface area contributed by atoms with Crippen LogP contribution in [-0.2, 0) is 11.3 Å². The zero-order valence-corrected chi connectivity index (χ0v) is 12.9. The van der Waals surface area contributed by atoms with E-state index in [1.807, 2.05) is 6.20 Å². The molecule has 1 aliphatic heterocycles. The molecule has 21 heavy (non-hydrogen) atoms. The molecule has 0 aliphatic carbocycles. The van der Waals surface area contributed by atoms with Crippen LogP contribution >= 0.6 is 0 Å². The average Bonchev–Trinajstić information content (AvgIpc) is 2.84. The molecule has 118 valence electrons. The van der Waals surface area contributed by atoms with E-state index in [1.54, 1.807) is 24.7 Å². The van der Waals surface area contributed by atoms with Crippen LogP contribution in [0.3, 0.4) is 0 Å². The van der Waals surface area contributed by atoms with Gasteiger partial charge in [-0.15, -0.1) is 0 Å². The Balaban J connectivity index is 2.10. The number of nitrogens with zero attached hydrogens (tertiary/aromatic N) is 3. The summed E-state index contributed by atoms with van der Waals surface area (Å²) in [6, 6.07) is 0.353. The summed E-state index contributed by atoms with van der Waals surface area (Å²) in [5, 5.41) is 14.1. The van der Waals surface area contributed by atoms with E-state index < -0.39 is 5.60 Å². The summed E-state index contributed by atoms with van der Waals surface area (Å²) in [4.78, 5) is 13.9. The largest absolute Gasteiger partial charge is 0.389 e. The lowest BCUT2D eigenvalue weighted by molar-refractivity contribution is -0.125. The van der Waals surface area contributed by atoms with Crippen LogP contribution in [0.1, 0.15) is 33.6 Å². The summed E-state index contributed by atoms with van der Waals surface area (Å²) in [7, 11) is 0. The summed E-state index contributed by atoms with van der Waals surface area (Å²) in [6.07, 6.45) is 5.48. The Kier molecular flexibility index (Phi) is 4.53. The average molecular weight is 295 g/mol. The minimum atomic E-state index is -0.807. The van der Waals surface area contributed by atoms with Crippen LogP contribution in [0.25, 0.3) is 0 Å². The van der Waals surface area contributed by atoms with Gasteiger partial charge in [-0.2, -0.15) is 5.10 Å². The van der Waals surface area contributed by atoms with Crippen molar-refractivity contribution in [1.82, 2.24) is 15.2 Å². The number of carbonyl (C=O) groups excluding carboxylic acids is 1. The smallest absolute Gasteiger partial charge is 0.238 e. The number of aliphatic hydroxyl groups is 1. The molecule has 0 aromatic carbocycles. The predicted molar refractivity (Wildman–Crippen MR) is 80.4 cm³/mol. The van der Waals surface area contributed by atoms with E-state index in [-0.39, 0.29) is 11.8 Å². The minimum absolute atomic E-state index is 0.0937. The molecular weight excluding hydrogens is 270 g/mol. The van der Waals surface area contributed by atoms with Crippen LogP contribution in [0, 0.1) is 5.92 Å². The third-order valence-corrected chi connectivity index (χ3v) is 3.90. The Morgan fingerprint density at radius 1 is 1.57 bits per heavy atom. The molecule has 4 N–H and O–H groups in total. The molecule has 7 heteroatoms. The van der Waals surface area contributed by atoms with Crippen LogP contribution in [0.15, 0.2) is 12.4 Å². The van der Waals surface area contributed by atoms with E-state index in [0.717, 1.165) is 18.5 Å². The number of aromatic nitrogens is 2.